The van der Waals surface area contributed by atoms with Gasteiger partial charge in [-0.2, -0.15) is 14.8 Å². The van der Waals surface area contributed by atoms with Gasteiger partial charge in [-0.15, -0.1) is 0 Å². The number of anilines is 1. The van der Waals surface area contributed by atoms with Crippen molar-refractivity contribution in [2.75, 3.05) is 19.0 Å². The quantitative estimate of drug-likeness (QED) is 0.206. The first-order valence-corrected chi connectivity index (χ1v) is 13.1. The molecule has 0 bridgehead atoms. The fourth-order valence-corrected chi connectivity index (χ4v) is 4.74. The molecule has 0 radical (unpaired) electrons. The summed E-state index contributed by atoms with van der Waals surface area (Å²) in [5, 5.41) is 25.7. The number of phosphoric acid groups is 1. The van der Waals surface area contributed by atoms with Crippen LogP contribution in [0.1, 0.15) is 27.0 Å². The van der Waals surface area contributed by atoms with E-state index in [1.807, 2.05) is 5.92 Å². The first-order chi connectivity index (χ1) is 18.4. The van der Waals surface area contributed by atoms with Crippen LogP contribution in [0.5, 0.6) is 5.75 Å². The number of hydrogen-bond acceptors (Lipinski definition) is 13. The van der Waals surface area contributed by atoms with Crippen molar-refractivity contribution in [1.82, 2.24) is 14.8 Å². The molecule has 0 saturated carbocycles. The van der Waals surface area contributed by atoms with Gasteiger partial charge in [0.1, 0.15) is 30.4 Å². The number of halogens is 1. The second-order valence-corrected chi connectivity index (χ2v) is 10.1. The molecule has 6 atom stereocenters. The van der Waals surface area contributed by atoms with Crippen molar-refractivity contribution in [1.29, 1.82) is 0 Å². The van der Waals surface area contributed by atoms with Crippen LogP contribution in [-0.4, -0.2) is 74.2 Å². The van der Waals surface area contributed by atoms with Crippen LogP contribution in [0.15, 0.2) is 41.3 Å². The number of esters is 1. The van der Waals surface area contributed by atoms with Crippen LogP contribution in [0.2, 0.25) is 0 Å². The van der Waals surface area contributed by atoms with Crippen molar-refractivity contribution in [2.24, 2.45) is 0 Å². The van der Waals surface area contributed by atoms with Crippen LogP contribution in [0.3, 0.4) is 0 Å². The lowest BCUT2D eigenvalue weighted by atomic mass is 9.95. The van der Waals surface area contributed by atoms with Gasteiger partial charge in [0.25, 0.3) is 0 Å². The molecule has 0 aliphatic carbocycles. The maximum absolute atomic E-state index is 13.6. The maximum Gasteiger partial charge on any atom is 0.530 e. The van der Waals surface area contributed by atoms with Crippen molar-refractivity contribution in [3.05, 3.63) is 47.0 Å². The molecule has 2 unspecified atom stereocenters. The topological polar surface area (TPSA) is 195 Å². The highest BCUT2D eigenvalue weighted by atomic mass is 31.2. The number of carbonyl (C=O) groups excluding carboxylic acids is 1. The minimum atomic E-state index is -4.63. The Morgan fingerprint density at radius 1 is 1.33 bits per heavy atom. The van der Waals surface area contributed by atoms with Gasteiger partial charge in [-0.05, 0) is 32.9 Å². The Morgan fingerprint density at radius 3 is 2.64 bits per heavy atom. The lowest BCUT2D eigenvalue weighted by molar-refractivity contribution is -0.156. The second-order valence-electron chi connectivity index (χ2n) is 8.52. The van der Waals surface area contributed by atoms with E-state index in [1.54, 1.807) is 32.0 Å². The number of nitrogen functional groups attached to an aromatic ring is 1. The van der Waals surface area contributed by atoms with E-state index < -0.39 is 69.0 Å². The number of hydrogen-bond donors (Lipinski definition) is 3. The van der Waals surface area contributed by atoms with Gasteiger partial charge >= 0.3 is 19.5 Å². The monoisotopic (exact) mass is 570 g/mol. The van der Waals surface area contributed by atoms with Crippen LogP contribution < -0.4 is 15.9 Å². The number of para-hydroxylation sites is 1. The van der Waals surface area contributed by atoms with Gasteiger partial charge in [0, 0.05) is 0 Å². The standard InChI is InChI=1S/C23H28FN4O10P/c1-14(2)35-20(30)15(3)37-39(33,38-16-8-5-4-6-9-16)34-13-17-19(29)23(32,10-7-11-24)21(36-17)28-22(31)27-18(25)12-26-28/h4-6,8-9,12,14-15,17,19,21,29,32H,11,13H2,1-3H3,(H2,25,27,31)/t15-,17+,19?,21+,23+,39?/m0/s1. The average Bonchev–Trinajstić information content (AvgIpc) is 3.11. The predicted molar refractivity (Wildman–Crippen MR) is 132 cm³/mol. The first kappa shape index (κ1) is 30.2. The molecule has 4 N–H and O–H groups in total. The summed E-state index contributed by atoms with van der Waals surface area (Å²) in [6.45, 7) is 2.53. The first-order valence-electron chi connectivity index (χ1n) is 11.6. The molecule has 0 amide bonds. The Kier molecular flexibility index (Phi) is 9.78. The fourth-order valence-electron chi connectivity index (χ4n) is 3.40. The third-order valence-corrected chi connectivity index (χ3v) is 6.60. The minimum absolute atomic E-state index is 0.0602. The number of phosphoric ester groups is 1. The van der Waals surface area contributed by atoms with Gasteiger partial charge < -0.3 is 29.9 Å². The normalized spacial score (nSPS) is 24.8. The van der Waals surface area contributed by atoms with E-state index in [1.165, 1.54) is 19.1 Å². The number of carbonyl (C=O) groups is 1. The highest BCUT2D eigenvalue weighted by Gasteiger charge is 2.57. The zero-order chi connectivity index (χ0) is 28.8. The summed E-state index contributed by atoms with van der Waals surface area (Å²) in [4.78, 5) is 28.1. The molecule has 1 saturated heterocycles. The Morgan fingerprint density at radius 2 is 2.03 bits per heavy atom. The van der Waals surface area contributed by atoms with Gasteiger partial charge in [0.15, 0.2) is 12.3 Å². The highest BCUT2D eigenvalue weighted by molar-refractivity contribution is 7.49. The van der Waals surface area contributed by atoms with Crippen molar-refractivity contribution < 1.29 is 47.0 Å². The largest absolute Gasteiger partial charge is 0.530 e. The number of nitrogens with zero attached hydrogens (tertiary/aromatic N) is 3. The zero-order valence-corrected chi connectivity index (χ0v) is 22.1. The molecule has 2 heterocycles. The number of ether oxygens (including phenoxy) is 2. The van der Waals surface area contributed by atoms with E-state index in [-0.39, 0.29) is 11.6 Å². The number of rotatable bonds is 10. The van der Waals surface area contributed by atoms with E-state index >= 15 is 0 Å². The fraction of sp³-hybridized carbons (Fsp3) is 0.478. The Balaban J connectivity index is 1.88. The lowest BCUT2D eigenvalue weighted by Gasteiger charge is -2.26. The van der Waals surface area contributed by atoms with Crippen molar-refractivity contribution >= 4 is 19.6 Å². The molecule has 0 spiro atoms. The van der Waals surface area contributed by atoms with E-state index in [2.05, 4.69) is 16.0 Å². The Hall–Kier alpha value is -3.38. The van der Waals surface area contributed by atoms with E-state index in [0.717, 1.165) is 6.20 Å². The Labute approximate surface area is 222 Å². The van der Waals surface area contributed by atoms with Gasteiger partial charge in [0.2, 0.25) is 5.60 Å². The lowest BCUT2D eigenvalue weighted by Crippen LogP contribution is -2.48. The molecule has 16 heteroatoms. The second kappa shape index (κ2) is 12.6. The summed E-state index contributed by atoms with van der Waals surface area (Å²) < 4.78 is 53.7. The van der Waals surface area contributed by atoms with Crippen molar-refractivity contribution in [3.8, 4) is 17.6 Å². The van der Waals surface area contributed by atoms with Crippen LogP contribution in [0.25, 0.3) is 0 Å². The molecule has 1 aromatic carbocycles. The molecule has 3 rings (SSSR count). The summed E-state index contributed by atoms with van der Waals surface area (Å²) in [6.07, 6.45) is -6.18. The van der Waals surface area contributed by atoms with E-state index in [0.29, 0.717) is 4.68 Å². The molecular weight excluding hydrogens is 542 g/mol. The molecule has 14 nitrogen and oxygen atoms in total. The number of nitrogens with two attached hydrogens (primary N) is 1. The van der Waals surface area contributed by atoms with Crippen LogP contribution in [0.4, 0.5) is 10.2 Å². The molecule has 39 heavy (non-hydrogen) atoms. The number of aliphatic hydroxyl groups excluding tert-OH is 1. The molecule has 1 aliphatic rings. The molecule has 1 aromatic heterocycles. The minimum Gasteiger partial charge on any atom is -0.461 e. The number of aromatic nitrogens is 3. The van der Waals surface area contributed by atoms with Crippen molar-refractivity contribution in [2.45, 2.75) is 57.0 Å². The summed E-state index contributed by atoms with van der Waals surface area (Å²) >= 11 is 0. The average molecular weight is 570 g/mol. The number of benzene rings is 1. The molecule has 1 fully saturated rings. The van der Waals surface area contributed by atoms with Gasteiger partial charge in [-0.1, -0.05) is 30.0 Å². The van der Waals surface area contributed by atoms with Crippen LogP contribution >= 0.6 is 7.82 Å². The van der Waals surface area contributed by atoms with Crippen molar-refractivity contribution in [3.63, 3.8) is 0 Å². The SMILES string of the molecule is CC(C)OC(=O)[C@H](C)OP(=O)(OC[C@H]1O[C@@H](n2ncc(N)nc2=O)[C@@](O)(C#CCF)C1O)Oc1ccccc1. The summed E-state index contributed by atoms with van der Waals surface area (Å²) in [7, 11) is -4.63. The number of alkyl halides is 1. The summed E-state index contributed by atoms with van der Waals surface area (Å²) in [6, 6.07) is 7.74. The van der Waals surface area contributed by atoms with Gasteiger partial charge in [-0.3, -0.25) is 9.05 Å². The molecule has 1 aliphatic heterocycles. The third-order valence-electron chi connectivity index (χ3n) is 5.12. The molecule has 212 valence electrons. The van der Waals surface area contributed by atoms with Gasteiger partial charge in [-0.25, -0.2) is 18.5 Å². The van der Waals surface area contributed by atoms with E-state index in [4.69, 9.17) is 28.8 Å². The smallest absolute Gasteiger partial charge is 0.461 e. The highest BCUT2D eigenvalue weighted by Crippen LogP contribution is 2.51. The Bertz CT molecular complexity index is 1320. The predicted octanol–water partition coefficient (Wildman–Crippen LogP) is 0.743. The van der Waals surface area contributed by atoms with Crippen LogP contribution in [-0.2, 0) is 27.9 Å². The third kappa shape index (κ3) is 7.39. The molecule has 2 aromatic rings. The maximum atomic E-state index is 13.6. The number of aliphatic hydroxyl groups is 2. The summed E-state index contributed by atoms with van der Waals surface area (Å²) in [5.74, 6) is 3.09. The summed E-state index contributed by atoms with van der Waals surface area (Å²) in [5.41, 5.74) is 1.81. The van der Waals surface area contributed by atoms with Gasteiger partial charge in [0.05, 0.1) is 18.9 Å². The molecular formula is C23H28FN4O10P. The van der Waals surface area contributed by atoms with Crippen LogP contribution in [0, 0.1) is 11.8 Å². The van der Waals surface area contributed by atoms with E-state index in [9.17, 15) is 28.8 Å². The zero-order valence-electron chi connectivity index (χ0n) is 21.2.